The molecule has 2 aromatic rings. The molecule has 2 aromatic carbocycles. The molecule has 0 spiro atoms. The van der Waals surface area contributed by atoms with Crippen LogP contribution in [0.25, 0.3) is 0 Å². The standard InChI is InChI=1S/C15H13ClO4.C2H7NO/c1-10(15(17)18)19-12-6-8-14(9-7-12)20-13-4-2-11(16)3-5-13;3-1-2-4/h2-10H,1H3,(H,17,18);4H,1-3H2. The molecule has 24 heavy (non-hydrogen) atoms. The number of rotatable bonds is 6. The average molecular weight is 354 g/mol. The molecule has 0 aliphatic heterocycles. The zero-order chi connectivity index (χ0) is 17.9. The predicted octanol–water partition coefficient (Wildman–Crippen LogP) is 2.92. The Morgan fingerprint density at radius 1 is 1.08 bits per heavy atom. The molecule has 0 amide bonds. The zero-order valence-corrected chi connectivity index (χ0v) is 13.9. The third-order valence-electron chi connectivity index (χ3n) is 2.66. The van der Waals surface area contributed by atoms with Gasteiger partial charge in [0.25, 0.3) is 0 Å². The fourth-order valence-corrected chi connectivity index (χ4v) is 1.61. The van der Waals surface area contributed by atoms with Crippen LogP contribution in [0.5, 0.6) is 17.2 Å². The molecule has 4 N–H and O–H groups in total. The zero-order valence-electron chi connectivity index (χ0n) is 13.2. The number of carboxylic acids is 1. The van der Waals surface area contributed by atoms with Gasteiger partial charge in [-0.25, -0.2) is 4.79 Å². The van der Waals surface area contributed by atoms with Gasteiger partial charge in [0, 0.05) is 11.6 Å². The highest BCUT2D eigenvalue weighted by Gasteiger charge is 2.12. The Bertz CT molecular complexity index is 614. The van der Waals surface area contributed by atoms with Crippen molar-refractivity contribution in [2.45, 2.75) is 13.0 Å². The Morgan fingerprint density at radius 3 is 1.92 bits per heavy atom. The lowest BCUT2D eigenvalue weighted by Gasteiger charge is -2.11. The maximum absolute atomic E-state index is 10.7. The highest BCUT2D eigenvalue weighted by molar-refractivity contribution is 6.30. The largest absolute Gasteiger partial charge is 0.479 e. The number of carboxylic acid groups (broad SMARTS) is 1. The minimum absolute atomic E-state index is 0.0972. The van der Waals surface area contributed by atoms with E-state index in [1.807, 2.05) is 0 Å². The molecule has 0 aliphatic rings. The highest BCUT2D eigenvalue weighted by atomic mass is 35.5. The second-order valence-electron chi connectivity index (χ2n) is 4.64. The van der Waals surface area contributed by atoms with Gasteiger partial charge in [-0.05, 0) is 55.5 Å². The molecular formula is C17H20ClNO5. The van der Waals surface area contributed by atoms with Crippen molar-refractivity contribution in [3.63, 3.8) is 0 Å². The number of aliphatic hydroxyl groups is 1. The summed E-state index contributed by atoms with van der Waals surface area (Å²) in [6.07, 6.45) is -0.891. The molecule has 0 saturated heterocycles. The Morgan fingerprint density at radius 2 is 1.50 bits per heavy atom. The molecule has 7 heteroatoms. The maximum Gasteiger partial charge on any atom is 0.344 e. The van der Waals surface area contributed by atoms with Gasteiger partial charge in [-0.15, -0.1) is 0 Å². The summed E-state index contributed by atoms with van der Waals surface area (Å²) in [4.78, 5) is 10.7. The second-order valence-corrected chi connectivity index (χ2v) is 5.07. The predicted molar refractivity (Wildman–Crippen MR) is 91.8 cm³/mol. The minimum atomic E-state index is -1.01. The van der Waals surface area contributed by atoms with Crippen molar-refractivity contribution in [3.05, 3.63) is 53.6 Å². The van der Waals surface area contributed by atoms with Crippen LogP contribution in [0.3, 0.4) is 0 Å². The molecular weight excluding hydrogens is 334 g/mol. The van der Waals surface area contributed by atoms with Crippen molar-refractivity contribution < 1.29 is 24.5 Å². The number of aliphatic carboxylic acids is 1. The van der Waals surface area contributed by atoms with Gasteiger partial charge in [-0.3, -0.25) is 0 Å². The molecule has 0 bridgehead atoms. The van der Waals surface area contributed by atoms with E-state index >= 15 is 0 Å². The van der Waals surface area contributed by atoms with Crippen LogP contribution in [0.1, 0.15) is 6.92 Å². The van der Waals surface area contributed by atoms with E-state index in [1.165, 1.54) is 6.92 Å². The van der Waals surface area contributed by atoms with E-state index in [0.717, 1.165) is 0 Å². The van der Waals surface area contributed by atoms with Gasteiger partial charge in [-0.1, -0.05) is 11.6 Å². The summed E-state index contributed by atoms with van der Waals surface area (Å²) < 4.78 is 10.8. The molecule has 130 valence electrons. The molecule has 6 nitrogen and oxygen atoms in total. The first kappa shape index (κ1) is 19.8. The summed E-state index contributed by atoms with van der Waals surface area (Å²) in [7, 11) is 0. The smallest absolute Gasteiger partial charge is 0.344 e. The fourth-order valence-electron chi connectivity index (χ4n) is 1.48. The lowest BCUT2D eigenvalue weighted by Crippen LogP contribution is -2.22. The van der Waals surface area contributed by atoms with Crippen LogP contribution in [0.4, 0.5) is 0 Å². The summed E-state index contributed by atoms with van der Waals surface area (Å²) in [6, 6.07) is 13.7. The van der Waals surface area contributed by atoms with E-state index in [1.54, 1.807) is 48.5 Å². The third-order valence-corrected chi connectivity index (χ3v) is 2.91. The van der Waals surface area contributed by atoms with Gasteiger partial charge in [0.1, 0.15) is 17.2 Å². The van der Waals surface area contributed by atoms with Crippen molar-refractivity contribution in [2.24, 2.45) is 5.73 Å². The van der Waals surface area contributed by atoms with E-state index in [-0.39, 0.29) is 6.61 Å². The van der Waals surface area contributed by atoms with Gasteiger partial charge in [-0.2, -0.15) is 0 Å². The summed E-state index contributed by atoms with van der Waals surface area (Å²) in [6.45, 7) is 1.94. The van der Waals surface area contributed by atoms with Crippen LogP contribution in [0, 0.1) is 0 Å². The Balaban J connectivity index is 0.000000648. The Labute approximate surface area is 145 Å². The number of aliphatic hydroxyl groups excluding tert-OH is 1. The Hall–Kier alpha value is -2.28. The number of hydrogen-bond donors (Lipinski definition) is 3. The second kappa shape index (κ2) is 10.5. The van der Waals surface area contributed by atoms with E-state index in [2.05, 4.69) is 0 Å². The monoisotopic (exact) mass is 353 g/mol. The van der Waals surface area contributed by atoms with Gasteiger partial charge >= 0.3 is 5.97 Å². The van der Waals surface area contributed by atoms with Crippen LogP contribution in [-0.2, 0) is 4.79 Å². The minimum Gasteiger partial charge on any atom is -0.479 e. The topological polar surface area (TPSA) is 102 Å². The molecule has 1 atom stereocenters. The summed E-state index contributed by atoms with van der Waals surface area (Å²) in [5, 5.41) is 17.1. The number of ether oxygens (including phenoxy) is 2. The molecule has 1 unspecified atom stereocenters. The SMILES string of the molecule is CC(Oc1ccc(Oc2ccc(Cl)cc2)cc1)C(=O)O.NCCO. The lowest BCUT2D eigenvalue weighted by atomic mass is 10.3. The van der Waals surface area contributed by atoms with E-state index in [9.17, 15) is 4.79 Å². The normalized spacial score (nSPS) is 11.0. The van der Waals surface area contributed by atoms with E-state index in [4.69, 9.17) is 37.0 Å². The Kier molecular flexibility index (Phi) is 8.64. The van der Waals surface area contributed by atoms with Crippen LogP contribution in [-0.4, -0.2) is 35.4 Å². The summed E-state index contributed by atoms with van der Waals surface area (Å²) in [5.74, 6) is 0.763. The molecule has 0 heterocycles. The number of halogens is 1. The first-order valence-corrected chi connectivity index (χ1v) is 7.58. The number of benzene rings is 2. The number of carbonyl (C=O) groups is 1. The van der Waals surface area contributed by atoms with Crippen LogP contribution in [0.15, 0.2) is 48.5 Å². The molecule has 0 saturated carbocycles. The molecule has 0 aliphatic carbocycles. The summed E-state index contributed by atoms with van der Waals surface area (Å²) >= 11 is 5.79. The fraction of sp³-hybridized carbons (Fsp3) is 0.235. The van der Waals surface area contributed by atoms with Gasteiger partial charge in [0.05, 0.1) is 6.61 Å². The van der Waals surface area contributed by atoms with E-state index < -0.39 is 12.1 Å². The molecule has 0 fully saturated rings. The molecule has 0 radical (unpaired) electrons. The van der Waals surface area contributed by atoms with E-state index in [0.29, 0.717) is 28.8 Å². The third kappa shape index (κ3) is 7.32. The summed E-state index contributed by atoms with van der Waals surface area (Å²) in [5.41, 5.74) is 4.78. The van der Waals surface area contributed by atoms with Crippen LogP contribution >= 0.6 is 11.6 Å². The quantitative estimate of drug-likeness (QED) is 0.738. The maximum atomic E-state index is 10.7. The first-order chi connectivity index (χ1) is 11.5. The van der Waals surface area contributed by atoms with Crippen molar-refractivity contribution >= 4 is 17.6 Å². The van der Waals surface area contributed by atoms with Crippen molar-refractivity contribution in [2.75, 3.05) is 13.2 Å². The molecule has 2 rings (SSSR count). The lowest BCUT2D eigenvalue weighted by molar-refractivity contribution is -0.144. The van der Waals surface area contributed by atoms with Gasteiger partial charge in [0.2, 0.25) is 0 Å². The first-order valence-electron chi connectivity index (χ1n) is 7.20. The number of nitrogens with two attached hydrogens (primary N) is 1. The van der Waals surface area contributed by atoms with Crippen LogP contribution in [0.2, 0.25) is 5.02 Å². The number of hydrogen-bond acceptors (Lipinski definition) is 5. The van der Waals surface area contributed by atoms with Crippen molar-refractivity contribution in [3.8, 4) is 17.2 Å². The molecule has 0 aromatic heterocycles. The van der Waals surface area contributed by atoms with Crippen molar-refractivity contribution in [1.82, 2.24) is 0 Å². The van der Waals surface area contributed by atoms with Gasteiger partial charge < -0.3 is 25.4 Å². The van der Waals surface area contributed by atoms with Crippen molar-refractivity contribution in [1.29, 1.82) is 0 Å². The van der Waals surface area contributed by atoms with Gasteiger partial charge in [0.15, 0.2) is 6.10 Å². The highest BCUT2D eigenvalue weighted by Crippen LogP contribution is 2.25. The van der Waals surface area contributed by atoms with Crippen LogP contribution < -0.4 is 15.2 Å². The average Bonchev–Trinajstić information content (AvgIpc) is 2.58.